The molecule has 0 N–H and O–H groups in total. The summed E-state index contributed by atoms with van der Waals surface area (Å²) < 4.78 is 10.7. The van der Waals surface area contributed by atoms with E-state index >= 15 is 0 Å². The van der Waals surface area contributed by atoms with Gasteiger partial charge in [-0.05, 0) is 42.7 Å². The number of hydrogen-bond acceptors (Lipinski definition) is 5. The maximum absolute atomic E-state index is 13.0. The number of benzene rings is 2. The summed E-state index contributed by atoms with van der Waals surface area (Å²) in [5.41, 5.74) is 1.97. The van der Waals surface area contributed by atoms with Crippen LogP contribution in [0.4, 0.5) is 5.69 Å². The minimum Gasteiger partial charge on any atom is -0.493 e. The molecule has 1 heterocycles. The van der Waals surface area contributed by atoms with Crippen LogP contribution in [0.2, 0.25) is 0 Å². The van der Waals surface area contributed by atoms with Gasteiger partial charge in [0.15, 0.2) is 11.5 Å². The first-order chi connectivity index (χ1) is 12.5. The lowest BCUT2D eigenvalue weighted by molar-refractivity contribution is -0.385. The van der Waals surface area contributed by atoms with Crippen LogP contribution in [-0.4, -0.2) is 36.5 Å². The summed E-state index contributed by atoms with van der Waals surface area (Å²) >= 11 is 0. The zero-order valence-electron chi connectivity index (χ0n) is 14.9. The monoisotopic (exact) mass is 356 g/mol. The maximum atomic E-state index is 13.0. The normalized spacial score (nSPS) is 16.0. The number of nitrogens with zero attached hydrogens (tertiary/aromatic N) is 2. The Morgan fingerprint density at radius 3 is 2.50 bits per heavy atom. The number of hydrogen-bond donors (Lipinski definition) is 0. The SMILES string of the molecule is COc1cc2c(cc1OC)[C@H](C)N(C(=O)c1ccccc1[N+](=O)[O-])CC2. The van der Waals surface area contributed by atoms with Gasteiger partial charge < -0.3 is 14.4 Å². The number of carbonyl (C=O) groups excluding carboxylic acids is 1. The Labute approximate surface area is 151 Å². The smallest absolute Gasteiger partial charge is 0.282 e. The topological polar surface area (TPSA) is 81.9 Å². The van der Waals surface area contributed by atoms with Crippen molar-refractivity contribution >= 4 is 11.6 Å². The van der Waals surface area contributed by atoms with E-state index in [9.17, 15) is 14.9 Å². The molecule has 0 radical (unpaired) electrons. The fourth-order valence-electron chi connectivity index (χ4n) is 3.39. The number of nitro groups is 1. The molecule has 0 unspecified atom stereocenters. The minimum absolute atomic E-state index is 0.105. The summed E-state index contributed by atoms with van der Waals surface area (Å²) in [6.07, 6.45) is 0.645. The zero-order chi connectivity index (χ0) is 18.8. The summed E-state index contributed by atoms with van der Waals surface area (Å²) in [4.78, 5) is 25.4. The Hall–Kier alpha value is -3.09. The molecule has 7 heteroatoms. The van der Waals surface area contributed by atoms with Gasteiger partial charge in [-0.15, -0.1) is 0 Å². The second-order valence-corrected chi connectivity index (χ2v) is 6.10. The number of carbonyl (C=O) groups is 1. The van der Waals surface area contributed by atoms with Crippen molar-refractivity contribution in [2.45, 2.75) is 19.4 Å². The summed E-state index contributed by atoms with van der Waals surface area (Å²) in [5.74, 6) is 0.903. The molecule has 1 atom stereocenters. The van der Waals surface area contributed by atoms with E-state index in [1.807, 2.05) is 19.1 Å². The van der Waals surface area contributed by atoms with Gasteiger partial charge >= 0.3 is 0 Å². The molecule has 0 saturated carbocycles. The third-order valence-electron chi connectivity index (χ3n) is 4.78. The lowest BCUT2D eigenvalue weighted by Gasteiger charge is -2.35. The van der Waals surface area contributed by atoms with Gasteiger partial charge in [0.2, 0.25) is 0 Å². The van der Waals surface area contributed by atoms with E-state index in [0.717, 1.165) is 11.1 Å². The maximum Gasteiger partial charge on any atom is 0.282 e. The molecule has 0 spiro atoms. The van der Waals surface area contributed by atoms with Crippen molar-refractivity contribution in [2.24, 2.45) is 0 Å². The number of ether oxygens (including phenoxy) is 2. The fraction of sp³-hybridized carbons (Fsp3) is 0.316. The van der Waals surface area contributed by atoms with Crippen molar-refractivity contribution in [3.63, 3.8) is 0 Å². The van der Waals surface area contributed by atoms with E-state index in [0.29, 0.717) is 24.5 Å². The van der Waals surface area contributed by atoms with Gasteiger partial charge in [0, 0.05) is 12.6 Å². The summed E-state index contributed by atoms with van der Waals surface area (Å²) in [6.45, 7) is 2.39. The molecule has 2 aromatic carbocycles. The average Bonchev–Trinajstić information content (AvgIpc) is 2.66. The third-order valence-corrected chi connectivity index (χ3v) is 4.78. The number of methoxy groups -OCH3 is 2. The quantitative estimate of drug-likeness (QED) is 0.620. The molecule has 2 aromatic rings. The van der Waals surface area contributed by atoms with Crippen LogP contribution in [-0.2, 0) is 6.42 Å². The molecule has 0 bridgehead atoms. The second-order valence-electron chi connectivity index (χ2n) is 6.10. The fourth-order valence-corrected chi connectivity index (χ4v) is 3.39. The van der Waals surface area contributed by atoms with Crippen LogP contribution >= 0.6 is 0 Å². The molecule has 7 nitrogen and oxygen atoms in total. The highest BCUT2D eigenvalue weighted by Gasteiger charge is 2.32. The number of rotatable bonds is 4. The van der Waals surface area contributed by atoms with E-state index in [4.69, 9.17) is 9.47 Å². The van der Waals surface area contributed by atoms with Crippen molar-refractivity contribution in [3.8, 4) is 11.5 Å². The van der Waals surface area contributed by atoms with Crippen molar-refractivity contribution in [2.75, 3.05) is 20.8 Å². The van der Waals surface area contributed by atoms with Gasteiger partial charge in [0.05, 0.1) is 25.2 Å². The first-order valence-corrected chi connectivity index (χ1v) is 8.27. The van der Waals surface area contributed by atoms with E-state index in [-0.39, 0.29) is 23.2 Å². The predicted molar refractivity (Wildman–Crippen MR) is 95.8 cm³/mol. The first kappa shape index (κ1) is 17.7. The molecule has 0 aliphatic carbocycles. The van der Waals surface area contributed by atoms with Crippen LogP contribution in [0.3, 0.4) is 0 Å². The molecule has 1 aliphatic heterocycles. The largest absolute Gasteiger partial charge is 0.493 e. The van der Waals surface area contributed by atoms with Crippen molar-refractivity contribution in [1.29, 1.82) is 0 Å². The van der Waals surface area contributed by atoms with Gasteiger partial charge in [-0.3, -0.25) is 14.9 Å². The van der Waals surface area contributed by atoms with E-state index in [1.165, 1.54) is 12.1 Å². The van der Waals surface area contributed by atoms with Gasteiger partial charge in [-0.2, -0.15) is 0 Å². The average molecular weight is 356 g/mol. The lowest BCUT2D eigenvalue weighted by atomic mass is 9.92. The van der Waals surface area contributed by atoms with E-state index in [1.54, 1.807) is 31.3 Å². The van der Waals surface area contributed by atoms with Gasteiger partial charge in [0.25, 0.3) is 11.6 Å². The summed E-state index contributed by atoms with van der Waals surface area (Å²) in [5, 5.41) is 11.2. The number of nitro benzene ring substituents is 1. The molecule has 26 heavy (non-hydrogen) atoms. The first-order valence-electron chi connectivity index (χ1n) is 8.27. The molecule has 1 amide bonds. The molecule has 1 aliphatic rings. The second kappa shape index (κ2) is 7.03. The number of para-hydroxylation sites is 1. The van der Waals surface area contributed by atoms with E-state index in [2.05, 4.69) is 0 Å². The minimum atomic E-state index is -0.524. The molecular weight excluding hydrogens is 336 g/mol. The molecular formula is C19H20N2O5. The van der Waals surface area contributed by atoms with Crippen LogP contribution in [0.15, 0.2) is 36.4 Å². The zero-order valence-corrected chi connectivity index (χ0v) is 14.9. The van der Waals surface area contributed by atoms with Crippen molar-refractivity contribution < 1.29 is 19.2 Å². The molecule has 0 fully saturated rings. The third kappa shape index (κ3) is 2.96. The van der Waals surface area contributed by atoms with Crippen molar-refractivity contribution in [1.82, 2.24) is 4.90 Å². The molecule has 0 aromatic heterocycles. The molecule has 0 saturated heterocycles. The Bertz CT molecular complexity index is 865. The molecule has 3 rings (SSSR count). The highest BCUT2D eigenvalue weighted by atomic mass is 16.6. The van der Waals surface area contributed by atoms with E-state index < -0.39 is 4.92 Å². The van der Waals surface area contributed by atoms with Crippen LogP contribution in [0, 0.1) is 10.1 Å². The van der Waals surface area contributed by atoms with Crippen LogP contribution < -0.4 is 9.47 Å². The predicted octanol–water partition coefficient (Wildman–Crippen LogP) is 3.37. The number of fused-ring (bicyclic) bond motifs is 1. The standard InChI is InChI=1S/C19H20N2O5/c1-12-15-11-18(26-3)17(25-2)10-13(15)8-9-20(12)19(22)14-6-4-5-7-16(14)21(23)24/h4-7,10-12H,8-9H2,1-3H3/t12-/m0/s1. The van der Waals surface area contributed by atoms with Gasteiger partial charge in [-0.25, -0.2) is 0 Å². The van der Waals surface area contributed by atoms with Crippen molar-refractivity contribution in [3.05, 3.63) is 63.2 Å². The summed E-state index contributed by atoms with van der Waals surface area (Å²) in [6, 6.07) is 9.61. The Balaban J connectivity index is 1.98. The Kier molecular flexibility index (Phi) is 4.79. The number of amides is 1. The van der Waals surface area contributed by atoms with Crippen LogP contribution in [0.5, 0.6) is 11.5 Å². The van der Waals surface area contributed by atoms with Gasteiger partial charge in [-0.1, -0.05) is 12.1 Å². The van der Waals surface area contributed by atoms with Gasteiger partial charge in [0.1, 0.15) is 5.56 Å². The highest BCUT2D eigenvalue weighted by Crippen LogP contribution is 2.38. The molecule has 136 valence electrons. The lowest BCUT2D eigenvalue weighted by Crippen LogP contribution is -2.39. The highest BCUT2D eigenvalue weighted by molar-refractivity contribution is 5.98. The summed E-state index contributed by atoms with van der Waals surface area (Å²) in [7, 11) is 3.15. The Morgan fingerprint density at radius 1 is 1.19 bits per heavy atom. The van der Waals surface area contributed by atoms with Crippen LogP contribution in [0.1, 0.15) is 34.5 Å². The van der Waals surface area contributed by atoms with Crippen LogP contribution in [0.25, 0.3) is 0 Å². The Morgan fingerprint density at radius 2 is 1.85 bits per heavy atom.